The van der Waals surface area contributed by atoms with Gasteiger partial charge in [0.25, 0.3) is 0 Å². The molecule has 6 nitrogen and oxygen atoms in total. The number of hydrogen-bond donors (Lipinski definition) is 1. The van der Waals surface area contributed by atoms with Gasteiger partial charge in [-0.1, -0.05) is 18.2 Å². The Hall–Kier alpha value is -2.63. The molecule has 1 aromatic carbocycles. The number of hydrogen-bond acceptors (Lipinski definition) is 5. The SMILES string of the molecule is Nc1ncnc2c1CCN(C(=O)C1COc3ccccc3C1)C2. The number of amides is 1. The summed E-state index contributed by atoms with van der Waals surface area (Å²) in [5.74, 6) is 1.41. The van der Waals surface area contributed by atoms with E-state index in [4.69, 9.17) is 10.5 Å². The first kappa shape index (κ1) is 14.0. The Morgan fingerprint density at radius 3 is 3.09 bits per heavy atom. The van der Waals surface area contributed by atoms with Gasteiger partial charge in [0.05, 0.1) is 18.2 Å². The number of ether oxygens (including phenoxy) is 1. The maximum Gasteiger partial charge on any atom is 0.229 e. The Balaban J connectivity index is 1.51. The van der Waals surface area contributed by atoms with Gasteiger partial charge >= 0.3 is 0 Å². The van der Waals surface area contributed by atoms with Gasteiger partial charge in [-0.05, 0) is 24.5 Å². The number of fused-ring (bicyclic) bond motifs is 2. The first-order chi connectivity index (χ1) is 11.2. The van der Waals surface area contributed by atoms with Crippen molar-refractivity contribution in [3.05, 3.63) is 47.4 Å². The monoisotopic (exact) mass is 310 g/mol. The highest BCUT2D eigenvalue weighted by Gasteiger charge is 2.32. The molecule has 0 bridgehead atoms. The third-order valence-corrected chi connectivity index (χ3v) is 4.58. The number of para-hydroxylation sites is 1. The Morgan fingerprint density at radius 2 is 2.17 bits per heavy atom. The first-order valence-electron chi connectivity index (χ1n) is 7.80. The molecule has 118 valence electrons. The molecule has 2 aliphatic heterocycles. The zero-order chi connectivity index (χ0) is 15.8. The molecule has 23 heavy (non-hydrogen) atoms. The summed E-state index contributed by atoms with van der Waals surface area (Å²) in [5, 5.41) is 0. The molecule has 0 saturated carbocycles. The van der Waals surface area contributed by atoms with Crippen LogP contribution in [0.25, 0.3) is 0 Å². The van der Waals surface area contributed by atoms with Crippen LogP contribution in [-0.2, 0) is 24.2 Å². The van der Waals surface area contributed by atoms with Crippen molar-refractivity contribution in [3.8, 4) is 5.75 Å². The zero-order valence-corrected chi connectivity index (χ0v) is 12.7. The van der Waals surface area contributed by atoms with E-state index in [0.29, 0.717) is 31.9 Å². The smallest absolute Gasteiger partial charge is 0.229 e. The van der Waals surface area contributed by atoms with Gasteiger partial charge in [-0.15, -0.1) is 0 Å². The molecule has 2 aliphatic rings. The lowest BCUT2D eigenvalue weighted by atomic mass is 9.94. The summed E-state index contributed by atoms with van der Waals surface area (Å²) in [5.41, 5.74) is 8.81. The molecule has 1 unspecified atom stereocenters. The molecule has 2 N–H and O–H groups in total. The lowest BCUT2D eigenvalue weighted by Crippen LogP contribution is -2.43. The van der Waals surface area contributed by atoms with Crippen molar-refractivity contribution in [2.24, 2.45) is 5.92 Å². The fraction of sp³-hybridized carbons (Fsp3) is 0.353. The number of benzene rings is 1. The molecule has 4 rings (SSSR count). The Kier molecular flexibility index (Phi) is 3.37. The number of rotatable bonds is 1. The highest BCUT2D eigenvalue weighted by Crippen LogP contribution is 2.29. The van der Waals surface area contributed by atoms with Gasteiger partial charge in [0.1, 0.15) is 24.5 Å². The zero-order valence-electron chi connectivity index (χ0n) is 12.7. The third-order valence-electron chi connectivity index (χ3n) is 4.58. The van der Waals surface area contributed by atoms with Crippen LogP contribution in [0.3, 0.4) is 0 Å². The highest BCUT2D eigenvalue weighted by atomic mass is 16.5. The summed E-state index contributed by atoms with van der Waals surface area (Å²) in [6, 6.07) is 7.90. The van der Waals surface area contributed by atoms with E-state index in [1.807, 2.05) is 29.2 Å². The van der Waals surface area contributed by atoms with Crippen molar-refractivity contribution in [1.29, 1.82) is 0 Å². The second-order valence-corrected chi connectivity index (χ2v) is 6.01. The van der Waals surface area contributed by atoms with Crippen molar-refractivity contribution >= 4 is 11.7 Å². The normalized spacial score (nSPS) is 19.5. The van der Waals surface area contributed by atoms with Crippen molar-refractivity contribution in [2.45, 2.75) is 19.4 Å². The van der Waals surface area contributed by atoms with Crippen LogP contribution in [0.5, 0.6) is 5.75 Å². The molecule has 2 aromatic rings. The Labute approximate surface area is 134 Å². The van der Waals surface area contributed by atoms with E-state index in [1.54, 1.807) is 0 Å². The quantitative estimate of drug-likeness (QED) is 0.856. The fourth-order valence-electron chi connectivity index (χ4n) is 3.31. The minimum absolute atomic E-state index is 0.127. The molecule has 3 heterocycles. The number of carbonyl (C=O) groups is 1. The van der Waals surface area contributed by atoms with Crippen molar-refractivity contribution < 1.29 is 9.53 Å². The van der Waals surface area contributed by atoms with Gasteiger partial charge in [0, 0.05) is 12.1 Å². The molecular weight excluding hydrogens is 292 g/mol. The molecular formula is C17H18N4O2. The van der Waals surface area contributed by atoms with Crippen LogP contribution < -0.4 is 10.5 Å². The summed E-state index contributed by atoms with van der Waals surface area (Å²) in [4.78, 5) is 23.0. The molecule has 1 amide bonds. The van der Waals surface area contributed by atoms with Crippen LogP contribution in [0.15, 0.2) is 30.6 Å². The average molecular weight is 310 g/mol. The number of nitrogens with two attached hydrogens (primary N) is 1. The second-order valence-electron chi connectivity index (χ2n) is 6.01. The minimum Gasteiger partial charge on any atom is -0.492 e. The molecule has 0 saturated heterocycles. The third kappa shape index (κ3) is 2.50. The van der Waals surface area contributed by atoms with Gasteiger partial charge in [-0.25, -0.2) is 9.97 Å². The standard InChI is InChI=1S/C17H18N4O2/c18-16-13-5-6-21(8-14(13)19-10-20-16)17(22)12-7-11-3-1-2-4-15(11)23-9-12/h1-4,10,12H,5-9H2,(H2,18,19,20). The number of nitrogens with zero attached hydrogens (tertiary/aromatic N) is 3. The van der Waals surface area contributed by atoms with E-state index in [-0.39, 0.29) is 11.8 Å². The van der Waals surface area contributed by atoms with E-state index in [1.165, 1.54) is 6.33 Å². The summed E-state index contributed by atoms with van der Waals surface area (Å²) >= 11 is 0. The van der Waals surface area contributed by atoms with E-state index in [0.717, 1.165) is 29.0 Å². The fourth-order valence-corrected chi connectivity index (χ4v) is 3.31. The maximum atomic E-state index is 12.8. The van der Waals surface area contributed by atoms with Gasteiger partial charge < -0.3 is 15.4 Å². The second kappa shape index (κ2) is 5.53. The van der Waals surface area contributed by atoms with E-state index in [2.05, 4.69) is 9.97 Å². The maximum absolute atomic E-state index is 12.8. The predicted octanol–water partition coefficient (Wildman–Crippen LogP) is 1.19. The van der Waals surface area contributed by atoms with Crippen molar-refractivity contribution in [3.63, 3.8) is 0 Å². The minimum atomic E-state index is -0.134. The Morgan fingerprint density at radius 1 is 1.30 bits per heavy atom. The average Bonchev–Trinajstić information content (AvgIpc) is 2.60. The molecule has 0 fully saturated rings. The van der Waals surface area contributed by atoms with Gasteiger partial charge in [0.2, 0.25) is 5.91 Å². The van der Waals surface area contributed by atoms with Gasteiger partial charge in [-0.3, -0.25) is 4.79 Å². The molecule has 0 spiro atoms. The Bertz CT molecular complexity index is 762. The van der Waals surface area contributed by atoms with Crippen LogP contribution in [-0.4, -0.2) is 33.9 Å². The molecule has 1 aromatic heterocycles. The van der Waals surface area contributed by atoms with Gasteiger partial charge in [-0.2, -0.15) is 0 Å². The van der Waals surface area contributed by atoms with E-state index < -0.39 is 0 Å². The van der Waals surface area contributed by atoms with Crippen molar-refractivity contribution in [2.75, 3.05) is 18.9 Å². The molecule has 1 atom stereocenters. The largest absolute Gasteiger partial charge is 0.492 e. The number of anilines is 1. The van der Waals surface area contributed by atoms with Crippen LogP contribution in [0, 0.1) is 5.92 Å². The lowest BCUT2D eigenvalue weighted by molar-refractivity contribution is -0.138. The number of carbonyl (C=O) groups excluding carboxylic acids is 1. The molecule has 0 radical (unpaired) electrons. The van der Waals surface area contributed by atoms with E-state index >= 15 is 0 Å². The van der Waals surface area contributed by atoms with Gasteiger partial charge in [0.15, 0.2) is 0 Å². The number of aromatic nitrogens is 2. The summed E-state index contributed by atoms with van der Waals surface area (Å²) in [6.07, 6.45) is 2.89. The highest BCUT2D eigenvalue weighted by molar-refractivity contribution is 5.80. The van der Waals surface area contributed by atoms with Crippen molar-refractivity contribution in [1.82, 2.24) is 14.9 Å². The van der Waals surface area contributed by atoms with E-state index in [9.17, 15) is 4.79 Å². The topological polar surface area (TPSA) is 81.3 Å². The first-order valence-corrected chi connectivity index (χ1v) is 7.80. The summed E-state index contributed by atoms with van der Waals surface area (Å²) in [6.45, 7) is 1.59. The summed E-state index contributed by atoms with van der Waals surface area (Å²) < 4.78 is 5.74. The van der Waals surface area contributed by atoms with Crippen LogP contribution >= 0.6 is 0 Å². The van der Waals surface area contributed by atoms with Crippen LogP contribution in [0.2, 0.25) is 0 Å². The lowest BCUT2D eigenvalue weighted by Gasteiger charge is -2.33. The molecule has 0 aliphatic carbocycles. The summed E-state index contributed by atoms with van der Waals surface area (Å²) in [7, 11) is 0. The van der Waals surface area contributed by atoms with Crippen LogP contribution in [0.4, 0.5) is 5.82 Å². The molecule has 6 heteroatoms. The number of nitrogen functional groups attached to an aromatic ring is 1. The van der Waals surface area contributed by atoms with Crippen LogP contribution in [0.1, 0.15) is 16.8 Å². The predicted molar refractivity (Wildman–Crippen MR) is 84.7 cm³/mol.